The van der Waals surface area contributed by atoms with Gasteiger partial charge in [-0.2, -0.15) is 0 Å². The molecule has 1 nitrogen and oxygen atoms in total. The maximum Gasteiger partial charge on any atom is 0.106 e. The summed E-state index contributed by atoms with van der Waals surface area (Å²) in [4.78, 5) is 0. The van der Waals surface area contributed by atoms with Gasteiger partial charge in [0.05, 0.1) is 0 Å². The average Bonchev–Trinajstić information content (AvgIpc) is 2.65. The normalized spacial score (nSPS) is 28.4. The van der Waals surface area contributed by atoms with Gasteiger partial charge in [-0.15, -0.1) is 0 Å². The van der Waals surface area contributed by atoms with Crippen LogP contribution in [0.2, 0.25) is 0 Å². The van der Waals surface area contributed by atoms with Gasteiger partial charge in [0.1, 0.15) is 11.4 Å². The van der Waals surface area contributed by atoms with Gasteiger partial charge in [-0.05, 0) is 83.6 Å². The molecule has 0 N–H and O–H groups in total. The summed E-state index contributed by atoms with van der Waals surface area (Å²) in [6.45, 7) is 13.8. The summed E-state index contributed by atoms with van der Waals surface area (Å²) in [7, 11) is 0. The lowest BCUT2D eigenvalue weighted by atomic mass is 9.80. The van der Waals surface area contributed by atoms with Gasteiger partial charge in [-0.3, -0.25) is 0 Å². The van der Waals surface area contributed by atoms with Gasteiger partial charge in [0.25, 0.3) is 0 Å². The Morgan fingerprint density at radius 2 is 1.82 bits per heavy atom. The smallest absolute Gasteiger partial charge is 0.106 e. The maximum atomic E-state index is 6.59. The van der Waals surface area contributed by atoms with Crippen molar-refractivity contribution in [2.45, 2.75) is 111 Å². The zero-order chi connectivity index (χ0) is 20.6. The highest BCUT2D eigenvalue weighted by Gasteiger charge is 2.35. The standard InChI is InChI=1S/C27H44O/c1-7-8-9-12-21(2)13-10-14-22(3)15-11-19-27(6)20-18-25-17-16-23(4)24(5)26(25)28-27/h13,15-17,23-24H,7-12,14,18-20H2,1-6H3. The van der Waals surface area contributed by atoms with Crippen LogP contribution in [0.3, 0.4) is 0 Å². The second kappa shape index (κ2) is 11.1. The fourth-order valence-electron chi connectivity index (χ4n) is 4.33. The van der Waals surface area contributed by atoms with E-state index in [2.05, 4.69) is 65.8 Å². The fraction of sp³-hybridized carbons (Fsp3) is 0.704. The van der Waals surface area contributed by atoms with Gasteiger partial charge in [-0.25, -0.2) is 0 Å². The van der Waals surface area contributed by atoms with Crippen molar-refractivity contribution < 1.29 is 4.74 Å². The number of allylic oxidation sites excluding steroid dienone is 8. The Morgan fingerprint density at radius 1 is 1.11 bits per heavy atom. The molecule has 0 aromatic carbocycles. The first-order chi connectivity index (χ1) is 13.3. The summed E-state index contributed by atoms with van der Waals surface area (Å²) in [6.07, 6.45) is 21.8. The largest absolute Gasteiger partial charge is 0.491 e. The van der Waals surface area contributed by atoms with Crippen LogP contribution in [0.1, 0.15) is 106 Å². The van der Waals surface area contributed by atoms with Crippen molar-refractivity contribution in [1.82, 2.24) is 0 Å². The predicted octanol–water partition coefficient (Wildman–Crippen LogP) is 8.68. The average molecular weight is 385 g/mol. The molecule has 0 bridgehead atoms. The van der Waals surface area contributed by atoms with Crippen LogP contribution in [-0.2, 0) is 4.74 Å². The van der Waals surface area contributed by atoms with E-state index in [0.717, 1.165) is 19.3 Å². The van der Waals surface area contributed by atoms with Crippen molar-refractivity contribution in [1.29, 1.82) is 0 Å². The number of rotatable bonds is 10. The van der Waals surface area contributed by atoms with Crippen LogP contribution in [0.4, 0.5) is 0 Å². The van der Waals surface area contributed by atoms with Crippen LogP contribution in [-0.4, -0.2) is 5.60 Å². The molecule has 28 heavy (non-hydrogen) atoms. The maximum absolute atomic E-state index is 6.59. The van der Waals surface area contributed by atoms with Crippen LogP contribution in [0.15, 0.2) is 46.8 Å². The molecule has 0 saturated carbocycles. The SMILES string of the molecule is CCCCCC(C)=CCCC(C)=CCCC1(C)CCC2=C(O1)C(C)C(C)C=C2. The predicted molar refractivity (Wildman–Crippen MR) is 123 cm³/mol. The van der Waals surface area contributed by atoms with Gasteiger partial charge >= 0.3 is 0 Å². The fourth-order valence-corrected chi connectivity index (χ4v) is 4.33. The van der Waals surface area contributed by atoms with Gasteiger partial charge in [0, 0.05) is 5.92 Å². The molecular weight excluding hydrogens is 340 g/mol. The van der Waals surface area contributed by atoms with Crippen LogP contribution >= 0.6 is 0 Å². The zero-order valence-corrected chi connectivity index (χ0v) is 19.4. The van der Waals surface area contributed by atoms with Crippen LogP contribution in [0.25, 0.3) is 0 Å². The van der Waals surface area contributed by atoms with Crippen molar-refractivity contribution in [2.75, 3.05) is 0 Å². The molecule has 158 valence electrons. The van der Waals surface area contributed by atoms with Gasteiger partial charge in [0.15, 0.2) is 0 Å². The van der Waals surface area contributed by atoms with Crippen LogP contribution < -0.4 is 0 Å². The van der Waals surface area contributed by atoms with Crippen molar-refractivity contribution >= 4 is 0 Å². The van der Waals surface area contributed by atoms with E-state index in [4.69, 9.17) is 4.74 Å². The van der Waals surface area contributed by atoms with Crippen molar-refractivity contribution in [3.8, 4) is 0 Å². The summed E-state index contributed by atoms with van der Waals surface area (Å²) in [5, 5.41) is 0. The Balaban J connectivity index is 1.76. The first-order valence-corrected chi connectivity index (χ1v) is 11.8. The molecule has 1 heteroatoms. The molecule has 1 aliphatic carbocycles. The number of unbranched alkanes of at least 4 members (excludes halogenated alkanes) is 2. The summed E-state index contributed by atoms with van der Waals surface area (Å²) >= 11 is 0. The van der Waals surface area contributed by atoms with Crippen LogP contribution in [0, 0.1) is 11.8 Å². The van der Waals surface area contributed by atoms with E-state index >= 15 is 0 Å². The van der Waals surface area contributed by atoms with E-state index in [0.29, 0.717) is 11.8 Å². The minimum absolute atomic E-state index is 0.00451. The topological polar surface area (TPSA) is 9.23 Å². The third-order valence-corrected chi connectivity index (χ3v) is 6.77. The molecule has 0 spiro atoms. The van der Waals surface area contributed by atoms with E-state index < -0.39 is 0 Å². The molecule has 0 aromatic heterocycles. The van der Waals surface area contributed by atoms with Gasteiger partial charge < -0.3 is 4.74 Å². The van der Waals surface area contributed by atoms with Gasteiger partial charge in [-0.1, -0.05) is 69.1 Å². The number of hydrogen-bond acceptors (Lipinski definition) is 1. The Morgan fingerprint density at radius 3 is 2.57 bits per heavy atom. The Bertz CT molecular complexity index is 618. The molecule has 1 heterocycles. The van der Waals surface area contributed by atoms with Crippen molar-refractivity contribution in [3.63, 3.8) is 0 Å². The Labute approximate surface area is 175 Å². The monoisotopic (exact) mass is 384 g/mol. The second-order valence-electron chi connectivity index (χ2n) is 9.58. The number of ether oxygens (including phenoxy) is 1. The minimum Gasteiger partial charge on any atom is -0.491 e. The highest BCUT2D eigenvalue weighted by atomic mass is 16.5. The summed E-state index contributed by atoms with van der Waals surface area (Å²) < 4.78 is 6.59. The first-order valence-electron chi connectivity index (χ1n) is 11.8. The van der Waals surface area contributed by atoms with Crippen LogP contribution in [0.5, 0.6) is 0 Å². The second-order valence-corrected chi connectivity index (χ2v) is 9.58. The highest BCUT2D eigenvalue weighted by molar-refractivity contribution is 5.31. The van der Waals surface area contributed by atoms with E-state index in [9.17, 15) is 0 Å². The van der Waals surface area contributed by atoms with Crippen molar-refractivity contribution in [3.05, 3.63) is 46.8 Å². The molecule has 0 radical (unpaired) electrons. The van der Waals surface area contributed by atoms with E-state index in [-0.39, 0.29) is 5.60 Å². The van der Waals surface area contributed by atoms with Crippen molar-refractivity contribution in [2.24, 2.45) is 11.8 Å². The van der Waals surface area contributed by atoms with E-state index in [1.807, 2.05) is 0 Å². The molecule has 1 aliphatic heterocycles. The molecule has 0 saturated heterocycles. The summed E-state index contributed by atoms with van der Waals surface area (Å²) in [5.41, 5.74) is 4.54. The molecule has 0 amide bonds. The quantitative estimate of drug-likeness (QED) is 0.270. The molecule has 3 atom stereocenters. The van der Waals surface area contributed by atoms with Gasteiger partial charge in [0.2, 0.25) is 0 Å². The molecule has 3 unspecified atom stereocenters. The third-order valence-electron chi connectivity index (χ3n) is 6.77. The third kappa shape index (κ3) is 6.98. The lowest BCUT2D eigenvalue weighted by Gasteiger charge is -2.41. The minimum atomic E-state index is 0.00451. The molecule has 2 aliphatic rings. The van der Waals surface area contributed by atoms with E-state index in [1.54, 1.807) is 5.57 Å². The molecule has 0 fully saturated rings. The zero-order valence-electron chi connectivity index (χ0n) is 19.4. The first kappa shape index (κ1) is 23.0. The lowest BCUT2D eigenvalue weighted by molar-refractivity contribution is -0.0261. The Hall–Kier alpha value is -1.24. The lowest BCUT2D eigenvalue weighted by Crippen LogP contribution is -2.35. The molecule has 2 rings (SSSR count). The highest BCUT2D eigenvalue weighted by Crippen LogP contribution is 2.42. The van der Waals surface area contributed by atoms with E-state index in [1.165, 1.54) is 61.9 Å². The summed E-state index contributed by atoms with van der Waals surface area (Å²) in [6, 6.07) is 0. The Kier molecular flexibility index (Phi) is 9.12. The molecular formula is C27H44O. The molecule has 0 aromatic rings. The summed E-state index contributed by atoms with van der Waals surface area (Å²) in [5.74, 6) is 2.37. The number of hydrogen-bond donors (Lipinski definition) is 0.